The van der Waals surface area contributed by atoms with Gasteiger partial charge >= 0.3 is 0 Å². The van der Waals surface area contributed by atoms with E-state index in [9.17, 15) is 0 Å². The number of nitrogens with one attached hydrogen (secondary N) is 1. The minimum atomic E-state index is 0.611. The topological polar surface area (TPSA) is 37.8 Å². The van der Waals surface area contributed by atoms with E-state index in [2.05, 4.69) is 15.3 Å². The molecule has 22 heavy (non-hydrogen) atoms. The molecule has 2 aromatic heterocycles. The number of pyridine rings is 2. The van der Waals surface area contributed by atoms with Crippen LogP contribution in [0.25, 0.3) is 11.1 Å². The zero-order valence-electron chi connectivity index (χ0n) is 11.6. The van der Waals surface area contributed by atoms with E-state index in [0.717, 1.165) is 22.5 Å². The molecule has 3 nitrogen and oxygen atoms in total. The van der Waals surface area contributed by atoms with Crippen molar-refractivity contribution in [2.24, 2.45) is 0 Å². The normalized spacial score (nSPS) is 10.5. The molecule has 0 fully saturated rings. The van der Waals surface area contributed by atoms with Crippen LogP contribution in [0.1, 0.15) is 5.56 Å². The van der Waals surface area contributed by atoms with Crippen molar-refractivity contribution in [2.75, 3.05) is 5.32 Å². The summed E-state index contributed by atoms with van der Waals surface area (Å²) in [5, 5.41) is 4.51. The van der Waals surface area contributed by atoms with E-state index in [1.165, 1.54) is 0 Å². The van der Waals surface area contributed by atoms with Gasteiger partial charge in [-0.05, 0) is 42.0 Å². The fourth-order valence-corrected chi connectivity index (χ4v) is 2.68. The summed E-state index contributed by atoms with van der Waals surface area (Å²) in [7, 11) is 0. The second-order valence-corrected chi connectivity index (χ2v) is 5.68. The smallest absolute Gasteiger partial charge is 0.126 e. The minimum absolute atomic E-state index is 0.611. The molecular weight excluding hydrogens is 317 g/mol. The van der Waals surface area contributed by atoms with E-state index in [1.807, 2.05) is 48.8 Å². The number of rotatable bonds is 4. The van der Waals surface area contributed by atoms with Crippen molar-refractivity contribution < 1.29 is 0 Å². The van der Waals surface area contributed by atoms with Crippen LogP contribution in [0.15, 0.2) is 61.1 Å². The first-order chi connectivity index (χ1) is 10.7. The first-order valence-corrected chi connectivity index (χ1v) is 7.51. The first-order valence-electron chi connectivity index (χ1n) is 6.76. The summed E-state index contributed by atoms with van der Waals surface area (Å²) < 4.78 is 0. The number of nitrogens with zero attached hydrogens (tertiary/aromatic N) is 2. The lowest BCUT2D eigenvalue weighted by atomic mass is 10.1. The number of halogens is 2. The zero-order valence-corrected chi connectivity index (χ0v) is 13.1. The van der Waals surface area contributed by atoms with Gasteiger partial charge in [0.1, 0.15) is 5.82 Å². The molecule has 2 heterocycles. The number of hydrogen-bond donors (Lipinski definition) is 1. The molecule has 0 atom stereocenters. The maximum absolute atomic E-state index is 5.99. The second-order valence-electron chi connectivity index (χ2n) is 4.81. The molecule has 3 rings (SSSR count). The van der Waals surface area contributed by atoms with Gasteiger partial charge in [0.25, 0.3) is 0 Å². The lowest BCUT2D eigenvalue weighted by Gasteiger charge is -2.08. The van der Waals surface area contributed by atoms with Crippen molar-refractivity contribution in [3.05, 3.63) is 76.7 Å². The van der Waals surface area contributed by atoms with Crippen LogP contribution in [0.5, 0.6) is 0 Å². The molecule has 3 aromatic rings. The van der Waals surface area contributed by atoms with Crippen LogP contribution in [-0.4, -0.2) is 9.97 Å². The molecule has 5 heteroatoms. The predicted octanol–water partition coefficient (Wildman–Crippen LogP) is 5.06. The molecule has 0 bridgehead atoms. The highest BCUT2D eigenvalue weighted by Crippen LogP contribution is 2.21. The summed E-state index contributed by atoms with van der Waals surface area (Å²) in [5.41, 5.74) is 3.09. The molecule has 0 amide bonds. The molecular formula is C17H13Cl2N3. The Morgan fingerprint density at radius 1 is 0.909 bits per heavy atom. The SMILES string of the molecule is Clc1cc(Cl)cc(CNc2ccc(-c3cccnc3)cn2)c1. The third-order valence-electron chi connectivity index (χ3n) is 3.15. The molecule has 1 N–H and O–H groups in total. The number of anilines is 1. The van der Waals surface area contributed by atoms with Gasteiger partial charge in [-0.25, -0.2) is 4.98 Å². The van der Waals surface area contributed by atoms with Gasteiger partial charge in [0.15, 0.2) is 0 Å². The van der Waals surface area contributed by atoms with Crippen LogP contribution in [0.4, 0.5) is 5.82 Å². The van der Waals surface area contributed by atoms with Gasteiger partial charge in [0, 0.05) is 46.3 Å². The maximum Gasteiger partial charge on any atom is 0.126 e. The Bertz CT molecular complexity index is 738. The Balaban J connectivity index is 1.69. The quantitative estimate of drug-likeness (QED) is 0.726. The Kier molecular flexibility index (Phi) is 4.56. The largest absolute Gasteiger partial charge is 0.366 e. The van der Waals surface area contributed by atoms with E-state index in [-0.39, 0.29) is 0 Å². The monoisotopic (exact) mass is 329 g/mol. The van der Waals surface area contributed by atoms with E-state index in [0.29, 0.717) is 16.6 Å². The average molecular weight is 330 g/mol. The molecule has 0 saturated carbocycles. The summed E-state index contributed by atoms with van der Waals surface area (Å²) in [4.78, 5) is 8.52. The third kappa shape index (κ3) is 3.75. The number of benzene rings is 1. The van der Waals surface area contributed by atoms with Crippen molar-refractivity contribution >= 4 is 29.0 Å². The maximum atomic E-state index is 5.99. The molecule has 0 aliphatic rings. The van der Waals surface area contributed by atoms with Crippen molar-refractivity contribution in [3.8, 4) is 11.1 Å². The van der Waals surface area contributed by atoms with Crippen LogP contribution < -0.4 is 5.32 Å². The van der Waals surface area contributed by atoms with Gasteiger partial charge in [-0.1, -0.05) is 29.3 Å². The lowest BCUT2D eigenvalue weighted by molar-refractivity contribution is 1.11. The molecule has 0 spiro atoms. The highest BCUT2D eigenvalue weighted by Gasteiger charge is 2.01. The summed E-state index contributed by atoms with van der Waals surface area (Å²) in [5.74, 6) is 0.795. The van der Waals surface area contributed by atoms with Gasteiger partial charge in [0.05, 0.1) is 0 Å². The molecule has 0 unspecified atom stereocenters. The Labute approximate surface area is 139 Å². The Morgan fingerprint density at radius 3 is 2.32 bits per heavy atom. The van der Waals surface area contributed by atoms with Gasteiger partial charge < -0.3 is 5.32 Å². The first kappa shape index (κ1) is 14.8. The molecule has 0 radical (unpaired) electrons. The van der Waals surface area contributed by atoms with Gasteiger partial charge in [0.2, 0.25) is 0 Å². The number of aromatic nitrogens is 2. The van der Waals surface area contributed by atoms with Crippen LogP contribution >= 0.6 is 23.2 Å². The van der Waals surface area contributed by atoms with Crippen molar-refractivity contribution in [2.45, 2.75) is 6.54 Å². The van der Waals surface area contributed by atoms with E-state index in [4.69, 9.17) is 23.2 Å². The summed E-state index contributed by atoms with van der Waals surface area (Å²) in [6, 6.07) is 13.3. The second kappa shape index (κ2) is 6.77. The van der Waals surface area contributed by atoms with Crippen molar-refractivity contribution in [3.63, 3.8) is 0 Å². The predicted molar refractivity (Wildman–Crippen MR) is 91.3 cm³/mol. The summed E-state index contributed by atoms with van der Waals surface area (Å²) in [6.45, 7) is 0.611. The molecule has 0 aliphatic carbocycles. The highest BCUT2D eigenvalue weighted by atomic mass is 35.5. The minimum Gasteiger partial charge on any atom is -0.366 e. The van der Waals surface area contributed by atoms with Gasteiger partial charge in [-0.3, -0.25) is 4.98 Å². The van der Waals surface area contributed by atoms with Gasteiger partial charge in [-0.2, -0.15) is 0 Å². The van der Waals surface area contributed by atoms with Crippen LogP contribution in [-0.2, 0) is 6.54 Å². The number of hydrogen-bond acceptors (Lipinski definition) is 3. The Hall–Kier alpha value is -2.10. The van der Waals surface area contributed by atoms with E-state index in [1.54, 1.807) is 12.3 Å². The summed E-state index contributed by atoms with van der Waals surface area (Å²) in [6.07, 6.45) is 5.39. The van der Waals surface area contributed by atoms with E-state index < -0.39 is 0 Å². The summed E-state index contributed by atoms with van der Waals surface area (Å²) >= 11 is 12.0. The average Bonchev–Trinajstić information content (AvgIpc) is 2.53. The highest BCUT2D eigenvalue weighted by molar-refractivity contribution is 6.34. The molecule has 0 aliphatic heterocycles. The third-order valence-corrected chi connectivity index (χ3v) is 3.59. The zero-order chi connectivity index (χ0) is 15.4. The van der Waals surface area contributed by atoms with Crippen LogP contribution in [0, 0.1) is 0 Å². The molecule has 0 saturated heterocycles. The van der Waals surface area contributed by atoms with Crippen LogP contribution in [0.2, 0.25) is 10.0 Å². The molecule has 1 aromatic carbocycles. The fourth-order valence-electron chi connectivity index (χ4n) is 2.11. The van der Waals surface area contributed by atoms with Crippen molar-refractivity contribution in [1.82, 2.24) is 9.97 Å². The lowest BCUT2D eigenvalue weighted by Crippen LogP contribution is -2.01. The standard InChI is InChI=1S/C17H13Cl2N3/c18-15-6-12(7-16(19)8-15)9-21-17-4-3-14(11-22-17)13-2-1-5-20-10-13/h1-8,10-11H,9H2,(H,21,22). The Morgan fingerprint density at radius 2 is 1.68 bits per heavy atom. The van der Waals surface area contributed by atoms with E-state index >= 15 is 0 Å². The van der Waals surface area contributed by atoms with Gasteiger partial charge in [-0.15, -0.1) is 0 Å². The fraction of sp³-hybridized carbons (Fsp3) is 0.0588. The van der Waals surface area contributed by atoms with Crippen molar-refractivity contribution in [1.29, 1.82) is 0 Å². The molecule has 110 valence electrons. The van der Waals surface area contributed by atoms with Crippen LogP contribution in [0.3, 0.4) is 0 Å².